The molecule has 1 rings (SSSR count). The van der Waals surface area contributed by atoms with Crippen LogP contribution in [-0.2, 0) is 5.88 Å². The van der Waals surface area contributed by atoms with Crippen LogP contribution in [0, 0.1) is 0 Å². The van der Waals surface area contributed by atoms with E-state index in [-0.39, 0.29) is 0 Å². The average molecular weight is 247 g/mol. The summed E-state index contributed by atoms with van der Waals surface area (Å²) in [7, 11) is 0. The average Bonchev–Trinajstić information content (AvgIpc) is 2.28. The van der Waals surface area contributed by atoms with Crippen molar-refractivity contribution < 1.29 is 10.2 Å². The summed E-state index contributed by atoms with van der Waals surface area (Å²) in [5.41, 5.74) is 1.55. The van der Waals surface area contributed by atoms with Crippen molar-refractivity contribution in [2.45, 2.75) is 24.5 Å². The molecule has 0 saturated carbocycles. The normalized spacial score (nSPS) is 14.9. The number of hydrogen-bond donors (Lipinski definition) is 3. The zero-order valence-corrected chi connectivity index (χ0v) is 9.96. The Morgan fingerprint density at radius 1 is 1.27 bits per heavy atom. The molecular formula is C11H15ClO2S. The first-order valence-corrected chi connectivity index (χ1v) is 5.98. The van der Waals surface area contributed by atoms with Gasteiger partial charge in [-0.3, -0.25) is 0 Å². The van der Waals surface area contributed by atoms with Gasteiger partial charge in [0, 0.05) is 5.88 Å². The summed E-state index contributed by atoms with van der Waals surface area (Å²) in [6.45, 7) is 0. The van der Waals surface area contributed by atoms with E-state index in [0.29, 0.717) is 23.6 Å². The molecule has 0 saturated heterocycles. The number of hydrogen-bond acceptors (Lipinski definition) is 3. The van der Waals surface area contributed by atoms with Crippen molar-refractivity contribution in [1.82, 2.24) is 0 Å². The molecule has 1 aromatic carbocycles. The maximum absolute atomic E-state index is 9.89. The molecule has 0 aliphatic rings. The van der Waals surface area contributed by atoms with Crippen LogP contribution >= 0.6 is 24.2 Å². The zero-order valence-electron chi connectivity index (χ0n) is 8.31. The molecule has 1 aromatic rings. The molecule has 0 bridgehead atoms. The predicted molar refractivity (Wildman–Crippen MR) is 65.4 cm³/mol. The summed E-state index contributed by atoms with van der Waals surface area (Å²) in [6, 6.07) is 7.31. The van der Waals surface area contributed by atoms with Gasteiger partial charge in [-0.1, -0.05) is 24.3 Å². The fourth-order valence-corrected chi connectivity index (χ4v) is 1.95. The Labute approximate surface area is 100 Å². The summed E-state index contributed by atoms with van der Waals surface area (Å²) < 4.78 is 0. The Morgan fingerprint density at radius 2 is 1.93 bits per heavy atom. The lowest BCUT2D eigenvalue weighted by Gasteiger charge is -2.19. The highest BCUT2D eigenvalue weighted by molar-refractivity contribution is 7.80. The van der Waals surface area contributed by atoms with Crippen molar-refractivity contribution in [1.29, 1.82) is 0 Å². The number of alkyl halides is 1. The fourth-order valence-electron chi connectivity index (χ4n) is 1.44. The number of rotatable bonds is 5. The van der Waals surface area contributed by atoms with Gasteiger partial charge >= 0.3 is 0 Å². The summed E-state index contributed by atoms with van der Waals surface area (Å²) in [5, 5.41) is 19.5. The molecule has 2 N–H and O–H groups in total. The number of benzene rings is 1. The third-order valence-corrected chi connectivity index (χ3v) is 2.85. The maximum Gasteiger partial charge on any atom is 0.105 e. The molecule has 84 valence electrons. The molecule has 0 fully saturated rings. The van der Waals surface area contributed by atoms with Gasteiger partial charge in [0.05, 0.1) is 6.10 Å². The molecule has 0 aliphatic carbocycles. The first kappa shape index (κ1) is 12.8. The number of halogens is 1. The second-order valence-electron chi connectivity index (χ2n) is 3.36. The van der Waals surface area contributed by atoms with Crippen molar-refractivity contribution in [3.8, 4) is 0 Å². The summed E-state index contributed by atoms with van der Waals surface area (Å²) in [4.78, 5) is 0. The largest absolute Gasteiger partial charge is 0.390 e. The van der Waals surface area contributed by atoms with E-state index in [1.165, 1.54) is 0 Å². The van der Waals surface area contributed by atoms with Crippen molar-refractivity contribution in [2.75, 3.05) is 5.75 Å². The Bertz CT molecular complexity index is 306. The molecule has 0 amide bonds. The van der Waals surface area contributed by atoms with Crippen LogP contribution in [0.25, 0.3) is 0 Å². The predicted octanol–water partition coefficient (Wildman–Crippen LogP) is 2.14. The molecule has 4 heteroatoms. The van der Waals surface area contributed by atoms with E-state index < -0.39 is 12.2 Å². The maximum atomic E-state index is 9.89. The highest BCUT2D eigenvalue weighted by Crippen LogP contribution is 2.23. The first-order chi connectivity index (χ1) is 7.20. The summed E-state index contributed by atoms with van der Waals surface area (Å²) >= 11 is 9.77. The van der Waals surface area contributed by atoms with Crippen LogP contribution in [0.15, 0.2) is 24.3 Å². The van der Waals surface area contributed by atoms with Crippen LogP contribution in [0.1, 0.15) is 23.7 Å². The quantitative estimate of drug-likeness (QED) is 0.550. The van der Waals surface area contributed by atoms with E-state index in [2.05, 4.69) is 12.6 Å². The van der Waals surface area contributed by atoms with E-state index in [9.17, 15) is 10.2 Å². The van der Waals surface area contributed by atoms with Gasteiger partial charge in [0.25, 0.3) is 0 Å². The van der Waals surface area contributed by atoms with E-state index in [4.69, 9.17) is 11.6 Å². The van der Waals surface area contributed by atoms with Crippen LogP contribution in [0.5, 0.6) is 0 Å². The van der Waals surface area contributed by atoms with Gasteiger partial charge < -0.3 is 10.2 Å². The third-order valence-electron chi connectivity index (χ3n) is 2.31. The van der Waals surface area contributed by atoms with Gasteiger partial charge in [-0.25, -0.2) is 0 Å². The Kier molecular flexibility index (Phi) is 5.47. The van der Waals surface area contributed by atoms with Gasteiger partial charge in [0.15, 0.2) is 0 Å². The van der Waals surface area contributed by atoms with E-state index >= 15 is 0 Å². The van der Waals surface area contributed by atoms with Crippen molar-refractivity contribution in [3.63, 3.8) is 0 Å². The molecule has 2 nitrogen and oxygen atoms in total. The smallest absolute Gasteiger partial charge is 0.105 e. The highest BCUT2D eigenvalue weighted by atomic mass is 35.5. The minimum atomic E-state index is -0.882. The van der Waals surface area contributed by atoms with Crippen LogP contribution in [0.2, 0.25) is 0 Å². The van der Waals surface area contributed by atoms with Gasteiger partial charge in [-0.05, 0) is 23.3 Å². The lowest BCUT2D eigenvalue weighted by atomic mass is 9.98. The number of aliphatic hydroxyl groups is 2. The number of aliphatic hydroxyl groups excluding tert-OH is 2. The minimum Gasteiger partial charge on any atom is -0.390 e. The van der Waals surface area contributed by atoms with Crippen molar-refractivity contribution in [3.05, 3.63) is 35.4 Å². The lowest BCUT2D eigenvalue weighted by Crippen LogP contribution is -2.19. The van der Waals surface area contributed by atoms with Gasteiger partial charge in [0.1, 0.15) is 6.10 Å². The molecular weight excluding hydrogens is 232 g/mol. The molecule has 15 heavy (non-hydrogen) atoms. The Hall–Kier alpha value is -0.220. The monoisotopic (exact) mass is 246 g/mol. The highest BCUT2D eigenvalue weighted by Gasteiger charge is 2.19. The molecule has 0 aromatic heterocycles. The Morgan fingerprint density at radius 3 is 2.53 bits per heavy atom. The molecule has 0 radical (unpaired) electrons. The molecule has 0 spiro atoms. The fraction of sp³-hybridized carbons (Fsp3) is 0.455. The summed E-state index contributed by atoms with van der Waals surface area (Å²) in [6.07, 6.45) is -1.21. The first-order valence-electron chi connectivity index (χ1n) is 4.81. The second kappa shape index (κ2) is 6.38. The van der Waals surface area contributed by atoms with Gasteiger partial charge in [-0.2, -0.15) is 12.6 Å². The molecule has 0 heterocycles. The SMILES string of the molecule is OC(CCS)C(O)c1ccccc1CCl. The van der Waals surface area contributed by atoms with Crippen molar-refractivity contribution in [2.24, 2.45) is 0 Å². The third kappa shape index (κ3) is 3.38. The minimum absolute atomic E-state index is 0.334. The standard InChI is InChI=1S/C11H15ClO2S/c12-7-8-3-1-2-4-9(8)11(14)10(13)5-6-15/h1-4,10-11,13-15H,5-7H2. The lowest BCUT2D eigenvalue weighted by molar-refractivity contribution is 0.0168. The zero-order chi connectivity index (χ0) is 11.3. The molecule has 2 atom stereocenters. The van der Waals surface area contributed by atoms with Crippen LogP contribution in [0.4, 0.5) is 0 Å². The molecule has 0 aliphatic heterocycles. The van der Waals surface area contributed by atoms with Crippen LogP contribution in [-0.4, -0.2) is 22.1 Å². The van der Waals surface area contributed by atoms with Crippen molar-refractivity contribution >= 4 is 24.2 Å². The Balaban J connectivity index is 2.84. The second-order valence-corrected chi connectivity index (χ2v) is 4.07. The topological polar surface area (TPSA) is 40.5 Å². The van der Waals surface area contributed by atoms with E-state index in [1.54, 1.807) is 6.07 Å². The van der Waals surface area contributed by atoms with Crippen LogP contribution < -0.4 is 0 Å². The van der Waals surface area contributed by atoms with E-state index in [0.717, 1.165) is 5.56 Å². The van der Waals surface area contributed by atoms with Gasteiger partial charge in [-0.15, -0.1) is 11.6 Å². The molecule has 2 unspecified atom stereocenters. The van der Waals surface area contributed by atoms with Gasteiger partial charge in [0.2, 0.25) is 0 Å². The summed E-state index contributed by atoms with van der Waals surface area (Å²) in [5.74, 6) is 0.877. The number of thiol groups is 1. The van der Waals surface area contributed by atoms with Crippen LogP contribution in [0.3, 0.4) is 0 Å². The van der Waals surface area contributed by atoms with E-state index in [1.807, 2.05) is 18.2 Å².